The fourth-order valence-corrected chi connectivity index (χ4v) is 4.56. The molecule has 0 bridgehead atoms. The molecule has 2 fully saturated rings. The molecular formula is C25H32FN3O2. The number of ether oxygens (including phenoxy) is 1. The second-order valence-electron chi connectivity index (χ2n) is 8.56. The van der Waals surface area contributed by atoms with Crippen molar-refractivity contribution in [2.24, 2.45) is 0 Å². The Bertz CT molecular complexity index is 890. The third-order valence-corrected chi connectivity index (χ3v) is 6.32. The second-order valence-corrected chi connectivity index (χ2v) is 8.56. The number of carbonyl (C=O) groups excluding carboxylic acids is 1. The summed E-state index contributed by atoms with van der Waals surface area (Å²) in [4.78, 5) is 19.6. The molecule has 166 valence electrons. The fourth-order valence-electron chi connectivity index (χ4n) is 4.56. The lowest BCUT2D eigenvalue weighted by Crippen LogP contribution is -2.45. The summed E-state index contributed by atoms with van der Waals surface area (Å²) in [6.07, 6.45) is 3.44. The predicted molar refractivity (Wildman–Crippen MR) is 120 cm³/mol. The number of amides is 1. The third kappa shape index (κ3) is 5.63. The molecule has 0 atom stereocenters. The van der Waals surface area contributed by atoms with Gasteiger partial charge in [-0.3, -0.25) is 14.6 Å². The molecule has 0 aliphatic carbocycles. The molecule has 2 aromatic rings. The Morgan fingerprint density at radius 1 is 0.903 bits per heavy atom. The number of rotatable bonds is 6. The van der Waals surface area contributed by atoms with Crippen LogP contribution in [0.15, 0.2) is 42.5 Å². The van der Waals surface area contributed by atoms with Crippen LogP contribution in [0.1, 0.15) is 40.7 Å². The molecule has 31 heavy (non-hydrogen) atoms. The van der Waals surface area contributed by atoms with E-state index in [9.17, 15) is 9.18 Å². The van der Waals surface area contributed by atoms with E-state index in [-0.39, 0.29) is 11.7 Å². The van der Waals surface area contributed by atoms with Gasteiger partial charge < -0.3 is 9.64 Å². The number of piperidine rings is 1. The minimum atomic E-state index is -0.228. The van der Waals surface area contributed by atoms with Crippen molar-refractivity contribution < 1.29 is 13.9 Å². The maximum atomic E-state index is 13.6. The Balaban J connectivity index is 1.31. The number of halogens is 1. The number of hydrogen-bond acceptors (Lipinski definition) is 4. The van der Waals surface area contributed by atoms with Gasteiger partial charge in [-0.1, -0.05) is 12.1 Å². The average molecular weight is 426 g/mol. The van der Waals surface area contributed by atoms with Gasteiger partial charge in [0.05, 0.1) is 7.11 Å². The van der Waals surface area contributed by atoms with Crippen LogP contribution in [0.2, 0.25) is 0 Å². The molecule has 2 aromatic carbocycles. The number of benzene rings is 2. The summed E-state index contributed by atoms with van der Waals surface area (Å²) in [5.74, 6) is 0.669. The van der Waals surface area contributed by atoms with Gasteiger partial charge in [-0.15, -0.1) is 0 Å². The Morgan fingerprint density at radius 2 is 1.61 bits per heavy atom. The molecule has 0 unspecified atom stereocenters. The highest BCUT2D eigenvalue weighted by Crippen LogP contribution is 2.22. The summed E-state index contributed by atoms with van der Waals surface area (Å²) in [6.45, 7) is 7.02. The number of methoxy groups -OCH3 is 1. The highest BCUT2D eigenvalue weighted by atomic mass is 19.1. The molecule has 6 heteroatoms. The average Bonchev–Trinajstić information content (AvgIpc) is 2.81. The fraction of sp³-hybridized carbons (Fsp3) is 0.480. The van der Waals surface area contributed by atoms with Gasteiger partial charge in [0.2, 0.25) is 0 Å². The lowest BCUT2D eigenvalue weighted by molar-refractivity contribution is 0.0724. The first-order valence-electron chi connectivity index (χ1n) is 11.3. The first kappa shape index (κ1) is 21.8. The number of nitrogens with zero attached hydrogens (tertiary/aromatic N) is 3. The van der Waals surface area contributed by atoms with Crippen LogP contribution in [0.3, 0.4) is 0 Å². The van der Waals surface area contributed by atoms with Gasteiger partial charge in [0.25, 0.3) is 5.91 Å². The molecule has 0 radical (unpaired) electrons. The number of piperazine rings is 1. The van der Waals surface area contributed by atoms with Gasteiger partial charge in [0.1, 0.15) is 11.6 Å². The number of likely N-dealkylation sites (tertiary alicyclic amines) is 1. The first-order valence-corrected chi connectivity index (χ1v) is 11.3. The zero-order valence-electron chi connectivity index (χ0n) is 18.4. The third-order valence-electron chi connectivity index (χ3n) is 6.32. The standard InChI is InChI=1S/C25H32FN3O2/c1-31-24-9-8-23(26)17-22(24)19-28-14-12-27(13-15-28)18-20-6-5-7-21(16-20)25(30)29-10-3-2-4-11-29/h5-9,16-17H,2-4,10-15,18-19H2,1H3. The van der Waals surface area contributed by atoms with Crippen molar-refractivity contribution in [1.29, 1.82) is 0 Å². The Kier molecular flexibility index (Phi) is 7.20. The lowest BCUT2D eigenvalue weighted by Gasteiger charge is -2.35. The minimum absolute atomic E-state index is 0.162. The van der Waals surface area contributed by atoms with E-state index in [0.717, 1.165) is 75.5 Å². The highest BCUT2D eigenvalue weighted by Gasteiger charge is 2.21. The molecule has 1 amide bonds. The van der Waals surface area contributed by atoms with Crippen LogP contribution in [0.4, 0.5) is 4.39 Å². The van der Waals surface area contributed by atoms with E-state index >= 15 is 0 Å². The molecule has 0 saturated carbocycles. The topological polar surface area (TPSA) is 36.0 Å². The van der Waals surface area contributed by atoms with Crippen LogP contribution in [-0.4, -0.2) is 67.0 Å². The first-order chi connectivity index (χ1) is 15.1. The van der Waals surface area contributed by atoms with Gasteiger partial charge in [-0.2, -0.15) is 0 Å². The molecule has 4 rings (SSSR count). The van der Waals surface area contributed by atoms with Crippen molar-refractivity contribution in [3.8, 4) is 5.75 Å². The Labute approximate surface area is 184 Å². The zero-order chi connectivity index (χ0) is 21.6. The summed E-state index contributed by atoms with van der Waals surface area (Å²) in [6, 6.07) is 12.8. The van der Waals surface area contributed by atoms with Gasteiger partial charge in [-0.05, 0) is 55.2 Å². The van der Waals surface area contributed by atoms with Crippen LogP contribution >= 0.6 is 0 Å². The van der Waals surface area contributed by atoms with E-state index in [1.54, 1.807) is 19.2 Å². The molecule has 5 nitrogen and oxygen atoms in total. The molecule has 2 aliphatic rings. The molecule has 0 spiro atoms. The summed E-state index contributed by atoms with van der Waals surface area (Å²) >= 11 is 0. The molecule has 2 saturated heterocycles. The van der Waals surface area contributed by atoms with Gasteiger partial charge in [0, 0.05) is 63.5 Å². The molecule has 0 aromatic heterocycles. The van der Waals surface area contributed by atoms with Gasteiger partial charge in [-0.25, -0.2) is 4.39 Å². The SMILES string of the molecule is COc1ccc(F)cc1CN1CCN(Cc2cccc(C(=O)N3CCCCC3)c2)CC1. The highest BCUT2D eigenvalue weighted by molar-refractivity contribution is 5.94. The van der Waals surface area contributed by atoms with E-state index in [1.165, 1.54) is 18.1 Å². The largest absolute Gasteiger partial charge is 0.496 e. The van der Waals surface area contributed by atoms with Crippen molar-refractivity contribution >= 4 is 5.91 Å². The quantitative estimate of drug-likeness (QED) is 0.706. The molecule has 2 heterocycles. The van der Waals surface area contributed by atoms with Crippen molar-refractivity contribution in [2.45, 2.75) is 32.4 Å². The summed E-state index contributed by atoms with van der Waals surface area (Å²) in [7, 11) is 1.62. The monoisotopic (exact) mass is 425 g/mol. The summed E-state index contributed by atoms with van der Waals surface area (Å²) in [5, 5.41) is 0. The number of carbonyl (C=O) groups is 1. The van der Waals surface area contributed by atoms with Crippen LogP contribution in [0.25, 0.3) is 0 Å². The van der Waals surface area contributed by atoms with Gasteiger partial charge in [0.15, 0.2) is 0 Å². The van der Waals surface area contributed by atoms with Crippen LogP contribution in [-0.2, 0) is 13.1 Å². The Morgan fingerprint density at radius 3 is 2.32 bits per heavy atom. The van der Waals surface area contributed by atoms with Crippen molar-refractivity contribution in [3.63, 3.8) is 0 Å². The molecule has 0 N–H and O–H groups in total. The smallest absolute Gasteiger partial charge is 0.253 e. The predicted octanol–water partition coefficient (Wildman–Crippen LogP) is 3.78. The van der Waals surface area contributed by atoms with E-state index < -0.39 is 0 Å². The van der Waals surface area contributed by atoms with Crippen molar-refractivity contribution in [3.05, 3.63) is 65.0 Å². The van der Waals surface area contributed by atoms with E-state index in [1.807, 2.05) is 17.0 Å². The summed E-state index contributed by atoms with van der Waals surface area (Å²) < 4.78 is 19.0. The van der Waals surface area contributed by atoms with Crippen molar-refractivity contribution in [1.82, 2.24) is 14.7 Å². The van der Waals surface area contributed by atoms with E-state index in [0.29, 0.717) is 6.54 Å². The van der Waals surface area contributed by atoms with Crippen LogP contribution < -0.4 is 4.74 Å². The number of hydrogen-bond donors (Lipinski definition) is 0. The maximum absolute atomic E-state index is 13.6. The van der Waals surface area contributed by atoms with E-state index in [4.69, 9.17) is 4.74 Å². The van der Waals surface area contributed by atoms with Crippen LogP contribution in [0, 0.1) is 5.82 Å². The second kappa shape index (κ2) is 10.2. The van der Waals surface area contributed by atoms with E-state index in [2.05, 4.69) is 21.9 Å². The normalized spacial score (nSPS) is 18.2. The maximum Gasteiger partial charge on any atom is 0.253 e. The van der Waals surface area contributed by atoms with Crippen LogP contribution in [0.5, 0.6) is 5.75 Å². The zero-order valence-corrected chi connectivity index (χ0v) is 18.4. The summed E-state index contributed by atoms with van der Waals surface area (Å²) in [5.41, 5.74) is 2.87. The Hall–Kier alpha value is -2.44. The van der Waals surface area contributed by atoms with Gasteiger partial charge >= 0.3 is 0 Å². The van der Waals surface area contributed by atoms with Crippen molar-refractivity contribution in [2.75, 3.05) is 46.4 Å². The molecular weight excluding hydrogens is 393 g/mol. The minimum Gasteiger partial charge on any atom is -0.496 e. The molecule has 2 aliphatic heterocycles. The lowest BCUT2D eigenvalue weighted by atomic mass is 10.1.